The number of aryl methyl sites for hydroxylation is 2. The molecule has 0 amide bonds. The first-order valence-corrected chi connectivity index (χ1v) is 10.0. The molecule has 1 aromatic carbocycles. The van der Waals surface area contributed by atoms with Crippen LogP contribution >= 0.6 is 12.4 Å². The molecule has 1 aliphatic heterocycles. The van der Waals surface area contributed by atoms with Crippen LogP contribution in [-0.4, -0.2) is 36.3 Å². The molecule has 0 radical (unpaired) electrons. The van der Waals surface area contributed by atoms with Crippen LogP contribution in [0.25, 0.3) is 11.0 Å². The number of rotatable bonds is 4. The number of halogens is 1. The second-order valence-electron chi connectivity index (χ2n) is 6.56. The van der Waals surface area contributed by atoms with Gasteiger partial charge in [0.2, 0.25) is 10.0 Å². The molecule has 4 rings (SSSR count). The predicted molar refractivity (Wildman–Crippen MR) is 107 cm³/mol. The number of sulfonamides is 1. The summed E-state index contributed by atoms with van der Waals surface area (Å²) < 4.78 is 29.9. The highest BCUT2D eigenvalue weighted by Gasteiger charge is 2.23. The van der Waals surface area contributed by atoms with E-state index >= 15 is 0 Å². The molecule has 9 heteroatoms. The van der Waals surface area contributed by atoms with Crippen molar-refractivity contribution in [1.82, 2.24) is 24.8 Å². The van der Waals surface area contributed by atoms with Crippen LogP contribution < -0.4 is 10.0 Å². The minimum absolute atomic E-state index is 0. The molecule has 144 valence electrons. The van der Waals surface area contributed by atoms with E-state index in [-0.39, 0.29) is 23.3 Å². The number of pyridine rings is 1. The van der Waals surface area contributed by atoms with Crippen LogP contribution in [0.1, 0.15) is 22.9 Å². The summed E-state index contributed by atoms with van der Waals surface area (Å²) in [5, 5.41) is 8.42. The summed E-state index contributed by atoms with van der Waals surface area (Å²) in [7, 11) is -1.86. The lowest BCUT2D eigenvalue weighted by Gasteiger charge is -2.27. The fraction of sp³-hybridized carbons (Fsp3) is 0.333. The summed E-state index contributed by atoms with van der Waals surface area (Å²) in [6, 6.07) is 9.74. The lowest BCUT2D eigenvalue weighted by Crippen LogP contribution is -2.38. The van der Waals surface area contributed by atoms with E-state index < -0.39 is 10.0 Å². The minimum Gasteiger partial charge on any atom is -0.308 e. The molecule has 0 fully saturated rings. The number of hydrogen-bond acceptors (Lipinski definition) is 5. The molecule has 0 saturated carbocycles. The van der Waals surface area contributed by atoms with E-state index in [1.807, 2.05) is 25.1 Å². The Kier molecular flexibility index (Phi) is 5.53. The Morgan fingerprint density at radius 1 is 1.33 bits per heavy atom. The molecule has 0 saturated heterocycles. The van der Waals surface area contributed by atoms with Gasteiger partial charge in [0.25, 0.3) is 0 Å². The fourth-order valence-corrected chi connectivity index (χ4v) is 4.50. The van der Waals surface area contributed by atoms with Crippen molar-refractivity contribution < 1.29 is 8.42 Å². The standard InChI is InChI=1S/C18H21N5O2S.ClH/c1-12-16-9-14(10-20-18(16)23(2)22-12)26(24,25)21-11-17-15-6-4-3-5-13(15)7-8-19-17;/h3-6,9-10,17,19,21H,7-8,11H2,1-2H3;1H. The number of hydrogen-bond donors (Lipinski definition) is 2. The van der Waals surface area contributed by atoms with Crippen molar-refractivity contribution in [2.45, 2.75) is 24.3 Å². The van der Waals surface area contributed by atoms with Crippen LogP contribution in [0, 0.1) is 6.92 Å². The quantitative estimate of drug-likeness (QED) is 0.689. The molecule has 7 nitrogen and oxygen atoms in total. The average Bonchev–Trinajstić information content (AvgIpc) is 2.93. The Morgan fingerprint density at radius 3 is 2.93 bits per heavy atom. The van der Waals surface area contributed by atoms with Crippen LogP contribution in [-0.2, 0) is 23.5 Å². The summed E-state index contributed by atoms with van der Waals surface area (Å²) in [5.74, 6) is 0. The van der Waals surface area contributed by atoms with Gasteiger partial charge in [-0.3, -0.25) is 4.68 Å². The molecule has 1 atom stereocenters. The lowest BCUT2D eigenvalue weighted by atomic mass is 9.95. The maximum Gasteiger partial charge on any atom is 0.242 e. The first-order valence-electron chi connectivity index (χ1n) is 8.56. The van der Waals surface area contributed by atoms with Gasteiger partial charge in [-0.15, -0.1) is 12.4 Å². The smallest absolute Gasteiger partial charge is 0.242 e. The van der Waals surface area contributed by atoms with Gasteiger partial charge in [0.1, 0.15) is 4.90 Å². The number of aromatic nitrogens is 3. The van der Waals surface area contributed by atoms with Crippen molar-refractivity contribution in [2.75, 3.05) is 13.1 Å². The summed E-state index contributed by atoms with van der Waals surface area (Å²) in [6.07, 6.45) is 2.34. The number of fused-ring (bicyclic) bond motifs is 2. The third-order valence-electron chi connectivity index (χ3n) is 4.84. The molecule has 0 aliphatic carbocycles. The Hall–Kier alpha value is -2.00. The van der Waals surface area contributed by atoms with Crippen molar-refractivity contribution in [3.8, 4) is 0 Å². The molecule has 27 heavy (non-hydrogen) atoms. The molecular formula is C18H22ClN5O2S. The number of nitrogens with zero attached hydrogens (tertiary/aromatic N) is 3. The second-order valence-corrected chi connectivity index (χ2v) is 8.33. The highest BCUT2D eigenvalue weighted by molar-refractivity contribution is 7.89. The molecule has 1 unspecified atom stereocenters. The van der Waals surface area contributed by atoms with E-state index in [0.717, 1.165) is 29.6 Å². The van der Waals surface area contributed by atoms with Crippen LogP contribution in [0.5, 0.6) is 0 Å². The van der Waals surface area contributed by atoms with Crippen molar-refractivity contribution in [3.05, 3.63) is 53.3 Å². The van der Waals surface area contributed by atoms with Crippen LogP contribution in [0.3, 0.4) is 0 Å². The van der Waals surface area contributed by atoms with E-state index in [1.165, 1.54) is 11.8 Å². The lowest BCUT2D eigenvalue weighted by molar-refractivity contribution is 0.491. The van der Waals surface area contributed by atoms with Crippen LogP contribution in [0.15, 0.2) is 41.4 Å². The summed E-state index contributed by atoms with van der Waals surface area (Å²) in [4.78, 5) is 4.42. The minimum atomic E-state index is -3.65. The molecule has 3 heterocycles. The first-order chi connectivity index (χ1) is 12.5. The van der Waals surface area contributed by atoms with Gasteiger partial charge >= 0.3 is 0 Å². The van der Waals surface area contributed by atoms with E-state index in [4.69, 9.17) is 0 Å². The average molecular weight is 408 g/mol. The van der Waals surface area contributed by atoms with Crippen molar-refractivity contribution >= 4 is 33.5 Å². The zero-order chi connectivity index (χ0) is 18.3. The van der Waals surface area contributed by atoms with Crippen LogP contribution in [0.2, 0.25) is 0 Å². The Labute approximate surface area is 164 Å². The van der Waals surface area contributed by atoms with Gasteiger partial charge in [-0.2, -0.15) is 5.10 Å². The van der Waals surface area contributed by atoms with Crippen molar-refractivity contribution in [3.63, 3.8) is 0 Å². The zero-order valence-electron chi connectivity index (χ0n) is 15.1. The number of benzene rings is 1. The SMILES string of the molecule is Cc1nn(C)c2ncc(S(=O)(=O)NCC3NCCc4ccccc43)cc12.Cl. The number of nitrogens with one attached hydrogen (secondary N) is 2. The van der Waals surface area contributed by atoms with Gasteiger partial charge in [0, 0.05) is 31.2 Å². The Balaban J connectivity index is 0.00000210. The molecule has 3 aromatic rings. The van der Waals surface area contributed by atoms with Gasteiger partial charge < -0.3 is 5.32 Å². The van der Waals surface area contributed by atoms with Crippen molar-refractivity contribution in [1.29, 1.82) is 0 Å². The topological polar surface area (TPSA) is 88.9 Å². The molecule has 2 aromatic heterocycles. The van der Waals surface area contributed by atoms with Gasteiger partial charge in [-0.25, -0.2) is 18.1 Å². The Morgan fingerprint density at radius 2 is 2.11 bits per heavy atom. The predicted octanol–water partition coefficient (Wildman–Crippen LogP) is 1.86. The fourth-order valence-electron chi connectivity index (χ4n) is 3.49. The molecule has 0 spiro atoms. The van der Waals surface area contributed by atoms with Gasteiger partial charge in [0.05, 0.1) is 5.69 Å². The third-order valence-corrected chi connectivity index (χ3v) is 6.23. The highest BCUT2D eigenvalue weighted by atomic mass is 35.5. The van der Waals surface area contributed by atoms with Crippen molar-refractivity contribution in [2.24, 2.45) is 7.05 Å². The maximum absolute atomic E-state index is 12.7. The molecule has 1 aliphatic rings. The van der Waals surface area contributed by atoms with E-state index in [9.17, 15) is 8.42 Å². The van der Waals surface area contributed by atoms with Gasteiger partial charge in [0.15, 0.2) is 5.65 Å². The highest BCUT2D eigenvalue weighted by Crippen LogP contribution is 2.23. The zero-order valence-corrected chi connectivity index (χ0v) is 16.8. The van der Waals surface area contributed by atoms with E-state index in [2.05, 4.69) is 26.2 Å². The summed E-state index contributed by atoms with van der Waals surface area (Å²) in [6.45, 7) is 2.98. The van der Waals surface area contributed by atoms with Gasteiger partial charge in [-0.1, -0.05) is 24.3 Å². The van der Waals surface area contributed by atoms with E-state index in [1.54, 1.807) is 17.8 Å². The maximum atomic E-state index is 12.7. The normalized spacial score (nSPS) is 16.7. The largest absolute Gasteiger partial charge is 0.308 e. The Bertz CT molecular complexity index is 1080. The summed E-state index contributed by atoms with van der Waals surface area (Å²) in [5.41, 5.74) is 3.85. The molecule has 0 bridgehead atoms. The monoisotopic (exact) mass is 407 g/mol. The third kappa shape index (κ3) is 3.70. The molecule has 2 N–H and O–H groups in total. The molecular weight excluding hydrogens is 386 g/mol. The summed E-state index contributed by atoms with van der Waals surface area (Å²) >= 11 is 0. The first kappa shape index (κ1) is 19.8. The second kappa shape index (κ2) is 7.55. The van der Waals surface area contributed by atoms with Gasteiger partial charge in [-0.05, 0) is 37.1 Å². The van der Waals surface area contributed by atoms with Crippen LogP contribution in [0.4, 0.5) is 0 Å². The van der Waals surface area contributed by atoms with E-state index in [0.29, 0.717) is 12.2 Å².